The quantitative estimate of drug-likeness (QED) is 0.349. The molecule has 0 aliphatic heterocycles. The summed E-state index contributed by atoms with van der Waals surface area (Å²) >= 11 is 1.47. The van der Waals surface area contributed by atoms with Crippen LogP contribution in [0.15, 0.2) is 23.1 Å². The lowest BCUT2D eigenvalue weighted by molar-refractivity contribution is -0.496. The zero-order valence-corrected chi connectivity index (χ0v) is 10.5. The van der Waals surface area contributed by atoms with E-state index in [0.717, 1.165) is 4.90 Å². The lowest BCUT2D eigenvalue weighted by atomic mass is 10.1. The van der Waals surface area contributed by atoms with E-state index in [-0.39, 0.29) is 18.7 Å². The molecule has 0 aliphatic carbocycles. The van der Waals surface area contributed by atoms with Crippen molar-refractivity contribution in [3.05, 3.63) is 39.4 Å². The molecule has 0 bridgehead atoms. The van der Waals surface area contributed by atoms with Gasteiger partial charge in [0.1, 0.15) is 0 Å². The molecule has 0 N–H and O–H groups in total. The molecule has 0 spiro atoms. The van der Waals surface area contributed by atoms with Crippen molar-refractivity contribution in [1.29, 1.82) is 0 Å². The zero-order chi connectivity index (χ0) is 12.8. The molecule has 0 aromatic heterocycles. The number of nitro groups is 1. The second kappa shape index (κ2) is 6.24. The van der Waals surface area contributed by atoms with Crippen LogP contribution in [0.1, 0.15) is 22.8 Å². The normalized spacial score (nSPS) is 10.0. The number of hydrogen-bond donors (Lipinski definition) is 0. The molecule has 92 valence electrons. The van der Waals surface area contributed by atoms with Crippen LogP contribution in [0.4, 0.5) is 0 Å². The highest BCUT2D eigenvalue weighted by atomic mass is 32.2. The Balaban J connectivity index is 3.10. The first-order valence-corrected chi connectivity index (χ1v) is 6.26. The first-order valence-electron chi connectivity index (χ1n) is 5.04. The molecule has 1 rings (SSSR count). The molecule has 0 fully saturated rings. The number of ether oxygens (including phenoxy) is 1. The van der Waals surface area contributed by atoms with E-state index in [1.807, 2.05) is 6.26 Å². The van der Waals surface area contributed by atoms with Gasteiger partial charge in [0.2, 0.25) is 6.54 Å². The molecule has 0 saturated heterocycles. The third kappa shape index (κ3) is 3.74. The molecule has 0 radical (unpaired) electrons. The van der Waals surface area contributed by atoms with Gasteiger partial charge in [0.15, 0.2) is 0 Å². The Morgan fingerprint density at radius 1 is 1.53 bits per heavy atom. The zero-order valence-electron chi connectivity index (χ0n) is 9.63. The van der Waals surface area contributed by atoms with Gasteiger partial charge in [-0.25, -0.2) is 4.79 Å². The van der Waals surface area contributed by atoms with Crippen molar-refractivity contribution in [1.82, 2.24) is 0 Å². The summed E-state index contributed by atoms with van der Waals surface area (Å²) in [6, 6.07) is 4.98. The summed E-state index contributed by atoms with van der Waals surface area (Å²) in [5.41, 5.74) is 0.654. The number of hydrogen-bond acceptors (Lipinski definition) is 5. The predicted molar refractivity (Wildman–Crippen MR) is 64.9 cm³/mol. The van der Waals surface area contributed by atoms with Crippen molar-refractivity contribution in [3.63, 3.8) is 0 Å². The average Bonchev–Trinajstić information content (AvgIpc) is 2.29. The van der Waals surface area contributed by atoms with Crippen LogP contribution >= 0.6 is 11.8 Å². The fraction of sp³-hybridized carbons (Fsp3) is 0.364. The van der Waals surface area contributed by atoms with Gasteiger partial charge in [-0.2, -0.15) is 0 Å². The van der Waals surface area contributed by atoms with Crippen LogP contribution in [0.3, 0.4) is 0 Å². The minimum absolute atomic E-state index is 0.250. The molecular weight excluding hydrogens is 242 g/mol. The summed E-state index contributed by atoms with van der Waals surface area (Å²) in [5.74, 6) is -0.514. The summed E-state index contributed by atoms with van der Waals surface area (Å²) in [6.45, 7) is 1.58. The number of nitrogens with zero attached hydrogens (tertiary/aromatic N) is 1. The Bertz CT molecular complexity index is 433. The molecule has 17 heavy (non-hydrogen) atoms. The second-order valence-electron chi connectivity index (χ2n) is 3.23. The van der Waals surface area contributed by atoms with Crippen LogP contribution in [0.25, 0.3) is 0 Å². The van der Waals surface area contributed by atoms with Gasteiger partial charge in [0.25, 0.3) is 0 Å². The highest BCUT2D eigenvalue weighted by Gasteiger charge is 2.16. The van der Waals surface area contributed by atoms with E-state index >= 15 is 0 Å². The van der Waals surface area contributed by atoms with Gasteiger partial charge in [-0.3, -0.25) is 10.1 Å². The first kappa shape index (κ1) is 13.5. The first-order chi connectivity index (χ1) is 8.08. The Morgan fingerprint density at radius 2 is 2.24 bits per heavy atom. The monoisotopic (exact) mass is 255 g/mol. The smallest absolute Gasteiger partial charge is 0.338 e. The number of esters is 1. The summed E-state index contributed by atoms with van der Waals surface area (Å²) in [6.07, 6.45) is 1.87. The minimum Gasteiger partial charge on any atom is -0.462 e. The highest BCUT2D eigenvalue weighted by Crippen LogP contribution is 2.21. The van der Waals surface area contributed by atoms with Gasteiger partial charge in [-0.1, -0.05) is 6.07 Å². The van der Waals surface area contributed by atoms with E-state index < -0.39 is 10.9 Å². The second-order valence-corrected chi connectivity index (χ2v) is 4.11. The van der Waals surface area contributed by atoms with E-state index in [9.17, 15) is 14.9 Å². The molecular formula is C11H13NO4S. The van der Waals surface area contributed by atoms with Gasteiger partial charge in [-0.15, -0.1) is 11.8 Å². The maximum atomic E-state index is 11.7. The highest BCUT2D eigenvalue weighted by molar-refractivity contribution is 7.98. The SMILES string of the molecule is CCOC(=O)c1cc(SC)ccc1C[N+](=O)[O-]. The molecule has 1 aromatic rings. The Morgan fingerprint density at radius 3 is 2.76 bits per heavy atom. The van der Waals surface area contributed by atoms with Crippen molar-refractivity contribution in [2.24, 2.45) is 0 Å². The standard InChI is InChI=1S/C11H13NO4S/c1-3-16-11(13)10-6-9(17-2)5-4-8(10)7-12(14)15/h4-6H,3,7H2,1-2H3. The Kier molecular flexibility index (Phi) is 4.96. The third-order valence-corrected chi connectivity index (χ3v) is 2.84. The molecule has 0 saturated carbocycles. The number of carbonyl (C=O) groups excluding carboxylic acids is 1. The lowest BCUT2D eigenvalue weighted by Gasteiger charge is -2.07. The Hall–Kier alpha value is -1.56. The van der Waals surface area contributed by atoms with Crippen molar-refractivity contribution in [2.75, 3.05) is 12.9 Å². The van der Waals surface area contributed by atoms with E-state index in [4.69, 9.17) is 4.74 Å². The molecule has 0 atom stereocenters. The fourth-order valence-corrected chi connectivity index (χ4v) is 1.80. The van der Waals surface area contributed by atoms with Gasteiger partial charge in [-0.05, 0) is 25.3 Å². The largest absolute Gasteiger partial charge is 0.462 e. The fourth-order valence-electron chi connectivity index (χ4n) is 1.36. The average molecular weight is 255 g/mol. The van der Waals surface area contributed by atoms with Crippen LogP contribution in [0.5, 0.6) is 0 Å². The molecule has 6 heteroatoms. The molecule has 5 nitrogen and oxygen atoms in total. The summed E-state index contributed by atoms with van der Waals surface area (Å²) < 4.78 is 4.88. The predicted octanol–water partition coefficient (Wildman–Crippen LogP) is 2.36. The third-order valence-electron chi connectivity index (χ3n) is 2.11. The Labute approximate surface area is 103 Å². The maximum absolute atomic E-state index is 11.7. The topological polar surface area (TPSA) is 69.4 Å². The molecule has 0 unspecified atom stereocenters. The number of benzene rings is 1. The van der Waals surface area contributed by atoms with Crippen molar-refractivity contribution < 1.29 is 14.5 Å². The van der Waals surface area contributed by atoms with Crippen molar-refractivity contribution >= 4 is 17.7 Å². The minimum atomic E-state index is -0.514. The van der Waals surface area contributed by atoms with Gasteiger partial charge < -0.3 is 4.74 Å². The summed E-state index contributed by atoms with van der Waals surface area (Å²) in [5, 5.41) is 10.5. The van der Waals surface area contributed by atoms with Crippen LogP contribution < -0.4 is 0 Å². The van der Waals surface area contributed by atoms with Crippen LogP contribution in [-0.2, 0) is 11.3 Å². The van der Waals surface area contributed by atoms with Crippen LogP contribution in [-0.4, -0.2) is 23.8 Å². The lowest BCUT2D eigenvalue weighted by Crippen LogP contribution is -2.11. The molecule has 0 aliphatic rings. The van der Waals surface area contributed by atoms with Crippen LogP contribution in [0.2, 0.25) is 0 Å². The van der Waals surface area contributed by atoms with Gasteiger partial charge in [0, 0.05) is 15.4 Å². The van der Waals surface area contributed by atoms with Crippen molar-refractivity contribution in [2.45, 2.75) is 18.4 Å². The number of thioether (sulfide) groups is 1. The summed E-state index contributed by atoms with van der Waals surface area (Å²) in [4.78, 5) is 22.6. The van der Waals surface area contributed by atoms with Gasteiger partial charge in [0.05, 0.1) is 12.2 Å². The van der Waals surface area contributed by atoms with E-state index in [2.05, 4.69) is 0 Å². The molecule has 0 heterocycles. The number of carbonyl (C=O) groups is 1. The van der Waals surface area contributed by atoms with E-state index in [0.29, 0.717) is 5.56 Å². The van der Waals surface area contributed by atoms with Crippen LogP contribution in [0, 0.1) is 10.1 Å². The summed E-state index contributed by atoms with van der Waals surface area (Å²) in [7, 11) is 0. The van der Waals surface area contributed by atoms with E-state index in [1.165, 1.54) is 11.8 Å². The molecule has 0 amide bonds. The maximum Gasteiger partial charge on any atom is 0.338 e. The number of rotatable bonds is 5. The van der Waals surface area contributed by atoms with E-state index in [1.54, 1.807) is 25.1 Å². The molecule has 1 aromatic carbocycles. The van der Waals surface area contributed by atoms with Gasteiger partial charge >= 0.3 is 5.97 Å². The van der Waals surface area contributed by atoms with Crippen molar-refractivity contribution in [3.8, 4) is 0 Å².